The lowest BCUT2D eigenvalue weighted by Gasteiger charge is -2.06. The third-order valence-corrected chi connectivity index (χ3v) is 5.83. The molecule has 0 aliphatic heterocycles. The smallest absolute Gasteiger partial charge is 0.234 e. The molecule has 0 fully saturated rings. The van der Waals surface area contributed by atoms with Gasteiger partial charge < -0.3 is 15.4 Å². The van der Waals surface area contributed by atoms with Crippen LogP contribution in [0.1, 0.15) is 5.69 Å². The van der Waals surface area contributed by atoms with Crippen LogP contribution >= 0.6 is 23.1 Å². The lowest BCUT2D eigenvalue weighted by atomic mass is 10.2. The zero-order valence-electron chi connectivity index (χ0n) is 15.8. The maximum atomic E-state index is 13.2. The molecule has 0 saturated carbocycles. The Kier molecular flexibility index (Phi) is 7.36. The van der Waals surface area contributed by atoms with Gasteiger partial charge in [-0.2, -0.15) is 0 Å². The van der Waals surface area contributed by atoms with Gasteiger partial charge in [-0.25, -0.2) is 13.8 Å². The molecule has 0 radical (unpaired) electrons. The Bertz CT molecular complexity index is 1060. The van der Waals surface area contributed by atoms with Gasteiger partial charge in [0.1, 0.15) is 5.75 Å². The first-order chi connectivity index (χ1) is 14.4. The molecule has 10 heteroatoms. The van der Waals surface area contributed by atoms with Crippen LogP contribution in [0.25, 0.3) is 0 Å². The van der Waals surface area contributed by atoms with Crippen molar-refractivity contribution in [2.45, 2.75) is 10.8 Å². The van der Waals surface area contributed by atoms with Crippen LogP contribution in [0.15, 0.2) is 52.2 Å². The van der Waals surface area contributed by atoms with Crippen molar-refractivity contribution in [3.05, 3.63) is 65.2 Å². The zero-order valence-corrected chi connectivity index (χ0v) is 17.4. The van der Waals surface area contributed by atoms with E-state index >= 15 is 0 Å². The van der Waals surface area contributed by atoms with Gasteiger partial charge in [0.2, 0.25) is 11.8 Å². The monoisotopic (exact) mass is 449 g/mol. The Hall–Kier alpha value is -2.98. The summed E-state index contributed by atoms with van der Waals surface area (Å²) in [6.07, 6.45) is -0.0218. The summed E-state index contributed by atoms with van der Waals surface area (Å²) in [5.74, 6) is -1.81. The molecule has 0 unspecified atom stereocenters. The van der Waals surface area contributed by atoms with Crippen LogP contribution in [-0.4, -0.2) is 29.7 Å². The lowest BCUT2D eigenvalue weighted by Crippen LogP contribution is -2.15. The molecule has 2 aromatic carbocycles. The summed E-state index contributed by atoms with van der Waals surface area (Å²) in [4.78, 5) is 28.5. The number of carbonyl (C=O) groups is 2. The van der Waals surface area contributed by atoms with Gasteiger partial charge in [-0.3, -0.25) is 9.59 Å². The highest BCUT2D eigenvalue weighted by molar-refractivity contribution is 8.01. The van der Waals surface area contributed by atoms with Gasteiger partial charge >= 0.3 is 0 Å². The number of thiazole rings is 1. The summed E-state index contributed by atoms with van der Waals surface area (Å²) in [5.41, 5.74) is 1.32. The summed E-state index contributed by atoms with van der Waals surface area (Å²) in [7, 11) is 1.55. The molecule has 3 rings (SSSR count). The van der Waals surface area contributed by atoms with Gasteiger partial charge in [0, 0.05) is 28.9 Å². The van der Waals surface area contributed by atoms with E-state index in [1.54, 1.807) is 36.8 Å². The summed E-state index contributed by atoms with van der Waals surface area (Å²) in [5, 5.41) is 6.99. The van der Waals surface area contributed by atoms with E-state index < -0.39 is 17.5 Å². The third kappa shape index (κ3) is 6.26. The number of anilines is 2. The first kappa shape index (κ1) is 21.7. The predicted molar refractivity (Wildman–Crippen MR) is 113 cm³/mol. The number of thioether (sulfide) groups is 1. The van der Waals surface area contributed by atoms with Gasteiger partial charge in [-0.1, -0.05) is 17.8 Å². The van der Waals surface area contributed by atoms with Gasteiger partial charge in [0.25, 0.3) is 0 Å². The van der Waals surface area contributed by atoms with Crippen molar-refractivity contribution in [3.63, 3.8) is 0 Å². The number of amides is 2. The quantitative estimate of drug-likeness (QED) is 0.500. The molecular weight excluding hydrogens is 432 g/mol. The highest BCUT2D eigenvalue weighted by Gasteiger charge is 2.12. The number of benzene rings is 2. The number of nitrogens with one attached hydrogen (secondary N) is 2. The Morgan fingerprint density at radius 1 is 1.07 bits per heavy atom. The molecule has 156 valence electrons. The van der Waals surface area contributed by atoms with Gasteiger partial charge in [-0.15, -0.1) is 11.3 Å². The van der Waals surface area contributed by atoms with Crippen molar-refractivity contribution < 1.29 is 23.1 Å². The molecular formula is C20H17F2N3O3S2. The van der Waals surface area contributed by atoms with Crippen molar-refractivity contribution in [1.82, 2.24) is 4.98 Å². The number of methoxy groups -OCH3 is 1. The number of rotatable bonds is 8. The van der Waals surface area contributed by atoms with Crippen molar-refractivity contribution in [2.24, 2.45) is 0 Å². The summed E-state index contributed by atoms with van der Waals surface area (Å²) < 4.78 is 31.9. The fourth-order valence-electron chi connectivity index (χ4n) is 2.40. The van der Waals surface area contributed by atoms with Crippen LogP contribution in [-0.2, 0) is 16.0 Å². The minimum atomic E-state index is -1.03. The van der Waals surface area contributed by atoms with E-state index in [4.69, 9.17) is 4.74 Å². The number of aromatic nitrogens is 1. The first-order valence-corrected chi connectivity index (χ1v) is 10.6. The minimum absolute atomic E-state index is 0.0218. The molecule has 0 atom stereocenters. The predicted octanol–water partition coefficient (Wildman–Crippen LogP) is 4.34. The summed E-state index contributed by atoms with van der Waals surface area (Å²) in [6, 6.07) is 10.2. The standard InChI is InChI=1S/C20H17F2N3O3S2/c1-28-15-4-2-3-12(7-15)24-19(27)11-30-20-25-14(10-29-20)9-18(26)23-13-5-6-16(21)17(22)8-13/h2-8,10H,9,11H2,1H3,(H,23,26)(H,24,27). The van der Waals surface area contributed by atoms with E-state index in [-0.39, 0.29) is 23.8 Å². The summed E-state index contributed by atoms with van der Waals surface area (Å²) >= 11 is 2.57. The molecule has 0 aliphatic carbocycles. The second-order valence-corrected chi connectivity index (χ2v) is 8.11. The molecule has 1 heterocycles. The molecule has 0 aliphatic rings. The molecule has 2 N–H and O–H groups in total. The lowest BCUT2D eigenvalue weighted by molar-refractivity contribution is -0.116. The SMILES string of the molecule is COc1cccc(NC(=O)CSc2nc(CC(=O)Nc3ccc(F)c(F)c3)cs2)c1. The fourth-order valence-corrected chi connectivity index (χ4v) is 4.05. The first-order valence-electron chi connectivity index (χ1n) is 8.69. The second kappa shape index (κ2) is 10.2. The molecule has 1 aromatic heterocycles. The Morgan fingerprint density at radius 2 is 1.83 bits per heavy atom. The average molecular weight is 450 g/mol. The molecule has 6 nitrogen and oxygen atoms in total. The molecule has 0 bridgehead atoms. The topological polar surface area (TPSA) is 80.3 Å². The zero-order chi connectivity index (χ0) is 21.5. The van der Waals surface area contributed by atoms with Crippen LogP contribution in [0.2, 0.25) is 0 Å². The largest absolute Gasteiger partial charge is 0.497 e. The second-order valence-electron chi connectivity index (χ2n) is 6.03. The normalized spacial score (nSPS) is 10.5. The molecule has 30 heavy (non-hydrogen) atoms. The average Bonchev–Trinajstić information content (AvgIpc) is 3.16. The molecule has 3 aromatic rings. The van der Waals surface area contributed by atoms with Crippen molar-refractivity contribution in [2.75, 3.05) is 23.5 Å². The minimum Gasteiger partial charge on any atom is -0.497 e. The fraction of sp³-hybridized carbons (Fsp3) is 0.150. The highest BCUT2D eigenvalue weighted by atomic mass is 32.2. The van der Waals surface area contributed by atoms with Crippen molar-refractivity contribution >= 4 is 46.3 Å². The van der Waals surface area contributed by atoms with E-state index in [1.807, 2.05) is 0 Å². The van der Waals surface area contributed by atoms with E-state index in [9.17, 15) is 18.4 Å². The maximum absolute atomic E-state index is 13.2. The maximum Gasteiger partial charge on any atom is 0.234 e. The van der Waals surface area contributed by atoms with E-state index in [0.717, 1.165) is 12.1 Å². The Balaban J connectivity index is 1.47. The number of ether oxygens (including phenoxy) is 1. The van der Waals surface area contributed by atoms with Crippen LogP contribution in [0, 0.1) is 11.6 Å². The van der Waals surface area contributed by atoms with Crippen LogP contribution in [0.5, 0.6) is 5.75 Å². The van der Waals surface area contributed by atoms with Crippen molar-refractivity contribution in [3.8, 4) is 5.75 Å². The Morgan fingerprint density at radius 3 is 2.60 bits per heavy atom. The molecule has 0 spiro atoms. The number of hydrogen-bond acceptors (Lipinski definition) is 6. The van der Waals surface area contributed by atoms with Crippen LogP contribution < -0.4 is 15.4 Å². The van der Waals surface area contributed by atoms with Crippen LogP contribution in [0.3, 0.4) is 0 Å². The highest BCUT2D eigenvalue weighted by Crippen LogP contribution is 2.24. The number of halogens is 2. The third-order valence-electron chi connectivity index (χ3n) is 3.76. The molecule has 0 saturated heterocycles. The number of hydrogen-bond donors (Lipinski definition) is 2. The van der Waals surface area contributed by atoms with Crippen LogP contribution in [0.4, 0.5) is 20.2 Å². The van der Waals surface area contributed by atoms with E-state index in [2.05, 4.69) is 15.6 Å². The van der Waals surface area contributed by atoms with Crippen molar-refractivity contribution in [1.29, 1.82) is 0 Å². The number of nitrogens with zero attached hydrogens (tertiary/aromatic N) is 1. The molecule has 2 amide bonds. The Labute approximate surface area is 179 Å². The van der Waals surface area contributed by atoms with Gasteiger partial charge in [-0.05, 0) is 24.3 Å². The summed E-state index contributed by atoms with van der Waals surface area (Å²) in [6.45, 7) is 0. The number of carbonyl (C=O) groups excluding carboxylic acids is 2. The van der Waals surface area contributed by atoms with E-state index in [0.29, 0.717) is 21.5 Å². The van der Waals surface area contributed by atoms with E-state index in [1.165, 1.54) is 29.2 Å². The van der Waals surface area contributed by atoms with Gasteiger partial charge in [0.15, 0.2) is 16.0 Å². The van der Waals surface area contributed by atoms with Gasteiger partial charge in [0.05, 0.1) is 25.0 Å².